The van der Waals surface area contributed by atoms with Crippen LogP contribution in [0.4, 0.5) is 0 Å². The summed E-state index contributed by atoms with van der Waals surface area (Å²) in [4.78, 5) is 0. The van der Waals surface area contributed by atoms with E-state index in [1.807, 2.05) is 0 Å². The molecule has 0 radical (unpaired) electrons. The normalized spacial score (nSPS) is 13.6. The van der Waals surface area contributed by atoms with Gasteiger partial charge >= 0.3 is 0 Å². The topological polar surface area (TPSA) is 0 Å². The van der Waals surface area contributed by atoms with Crippen LogP contribution in [0, 0.1) is 0 Å². The molecule has 0 saturated carbocycles. The van der Waals surface area contributed by atoms with Crippen molar-refractivity contribution >= 4 is 32.3 Å². The van der Waals surface area contributed by atoms with Crippen molar-refractivity contribution in [1.82, 2.24) is 0 Å². The summed E-state index contributed by atoms with van der Waals surface area (Å²) < 4.78 is 0. The molecule has 1 aliphatic rings. The predicted molar refractivity (Wildman–Crippen MR) is 167 cm³/mol. The number of fused-ring (bicyclic) bond motifs is 7. The maximum Gasteiger partial charge on any atom is 0.0159 e. The molecular formula is C39H28. The van der Waals surface area contributed by atoms with E-state index in [0.29, 0.717) is 0 Å². The first kappa shape index (κ1) is 22.3. The van der Waals surface area contributed by atoms with Crippen LogP contribution in [0.5, 0.6) is 0 Å². The molecule has 0 aromatic heterocycles. The molecule has 0 N–H and O–H groups in total. The fraction of sp³-hybridized carbons (Fsp3) is 0.0769. The molecule has 7 aromatic carbocycles. The molecule has 8 rings (SSSR count). The standard InChI is InChI=1S/C39H28/c1-39(2)36-23-30(29-17-15-25-9-3-5-11-27(25)21-29)19-20-34(36)38-33-14-8-7-13-32(33)35(24-37(38)39)31-18-16-26-10-4-6-12-28(26)22-31/h3-24H,1-2H3. The van der Waals surface area contributed by atoms with Gasteiger partial charge in [-0.05, 0) is 101 Å². The largest absolute Gasteiger partial charge is 0.0616 e. The molecule has 0 heteroatoms. The summed E-state index contributed by atoms with van der Waals surface area (Å²) in [6.45, 7) is 4.78. The molecule has 0 nitrogen and oxygen atoms in total. The lowest BCUT2D eigenvalue weighted by Gasteiger charge is -2.23. The van der Waals surface area contributed by atoms with E-state index in [1.54, 1.807) is 0 Å². The lowest BCUT2D eigenvalue weighted by molar-refractivity contribution is 0.661. The van der Waals surface area contributed by atoms with Crippen molar-refractivity contribution in [3.63, 3.8) is 0 Å². The van der Waals surface area contributed by atoms with Gasteiger partial charge in [-0.15, -0.1) is 0 Å². The van der Waals surface area contributed by atoms with E-state index in [0.717, 1.165) is 0 Å². The molecule has 0 spiro atoms. The van der Waals surface area contributed by atoms with Crippen molar-refractivity contribution < 1.29 is 0 Å². The SMILES string of the molecule is CC1(C)c2cc(-c3ccc4ccccc4c3)ccc2-c2c1cc(-c1ccc3ccccc3c1)c1ccccc21. The minimum Gasteiger partial charge on any atom is -0.0616 e. The first-order chi connectivity index (χ1) is 19.1. The third-order valence-electron chi connectivity index (χ3n) is 8.82. The first-order valence-corrected chi connectivity index (χ1v) is 13.8. The zero-order valence-electron chi connectivity index (χ0n) is 22.2. The second-order valence-corrected chi connectivity index (χ2v) is 11.4. The average molecular weight is 497 g/mol. The van der Waals surface area contributed by atoms with Gasteiger partial charge in [-0.2, -0.15) is 0 Å². The fourth-order valence-electron chi connectivity index (χ4n) is 6.73. The van der Waals surface area contributed by atoms with Gasteiger partial charge in [0.2, 0.25) is 0 Å². The molecule has 0 atom stereocenters. The van der Waals surface area contributed by atoms with Crippen molar-refractivity contribution in [3.8, 4) is 33.4 Å². The molecule has 0 fully saturated rings. The summed E-state index contributed by atoms with van der Waals surface area (Å²) in [5.41, 5.74) is 10.6. The van der Waals surface area contributed by atoms with Crippen LogP contribution in [0.15, 0.2) is 133 Å². The van der Waals surface area contributed by atoms with Crippen molar-refractivity contribution in [3.05, 3.63) is 145 Å². The summed E-state index contributed by atoms with van der Waals surface area (Å²) in [7, 11) is 0. The summed E-state index contributed by atoms with van der Waals surface area (Å²) >= 11 is 0. The summed E-state index contributed by atoms with van der Waals surface area (Å²) in [6, 6.07) is 49.4. The van der Waals surface area contributed by atoms with Gasteiger partial charge in [0.05, 0.1) is 0 Å². The highest BCUT2D eigenvalue weighted by molar-refractivity contribution is 6.09. The zero-order chi connectivity index (χ0) is 26.1. The van der Waals surface area contributed by atoms with Gasteiger partial charge in [0.1, 0.15) is 0 Å². The van der Waals surface area contributed by atoms with Crippen molar-refractivity contribution in [2.45, 2.75) is 19.3 Å². The number of benzene rings is 7. The van der Waals surface area contributed by atoms with Crippen LogP contribution in [-0.4, -0.2) is 0 Å². The smallest absolute Gasteiger partial charge is 0.0159 e. The summed E-state index contributed by atoms with van der Waals surface area (Å²) in [6.07, 6.45) is 0. The van der Waals surface area contributed by atoms with Crippen LogP contribution < -0.4 is 0 Å². The quantitative estimate of drug-likeness (QED) is 0.223. The monoisotopic (exact) mass is 496 g/mol. The van der Waals surface area contributed by atoms with Gasteiger partial charge in [-0.3, -0.25) is 0 Å². The Labute approximate surface area is 229 Å². The van der Waals surface area contributed by atoms with Crippen LogP contribution in [0.2, 0.25) is 0 Å². The van der Waals surface area contributed by atoms with Gasteiger partial charge < -0.3 is 0 Å². The maximum atomic E-state index is 2.47. The van der Waals surface area contributed by atoms with Gasteiger partial charge in [0.15, 0.2) is 0 Å². The second-order valence-electron chi connectivity index (χ2n) is 11.4. The lowest BCUT2D eigenvalue weighted by atomic mass is 9.80. The van der Waals surface area contributed by atoms with E-state index in [9.17, 15) is 0 Å². The summed E-state index contributed by atoms with van der Waals surface area (Å²) in [5.74, 6) is 0. The highest BCUT2D eigenvalue weighted by atomic mass is 14.4. The molecule has 0 heterocycles. The van der Waals surface area contributed by atoms with Crippen LogP contribution in [0.3, 0.4) is 0 Å². The second kappa shape index (κ2) is 8.16. The minimum atomic E-state index is -0.104. The highest BCUT2D eigenvalue weighted by Gasteiger charge is 2.37. The predicted octanol–water partition coefficient (Wildman–Crippen LogP) is 10.8. The number of rotatable bonds is 2. The van der Waals surface area contributed by atoms with E-state index in [2.05, 4.69) is 147 Å². The highest BCUT2D eigenvalue weighted by Crippen LogP contribution is 2.54. The van der Waals surface area contributed by atoms with Crippen LogP contribution in [0.1, 0.15) is 25.0 Å². The maximum absolute atomic E-state index is 2.47. The van der Waals surface area contributed by atoms with E-state index in [4.69, 9.17) is 0 Å². The van der Waals surface area contributed by atoms with Gasteiger partial charge in [0.25, 0.3) is 0 Å². The molecule has 184 valence electrons. The fourth-order valence-corrected chi connectivity index (χ4v) is 6.73. The molecular weight excluding hydrogens is 468 g/mol. The van der Waals surface area contributed by atoms with Crippen LogP contribution >= 0.6 is 0 Å². The Morgan fingerprint density at radius 1 is 0.385 bits per heavy atom. The molecule has 1 aliphatic carbocycles. The Balaban J connectivity index is 1.34. The number of hydrogen-bond acceptors (Lipinski definition) is 0. The molecule has 0 saturated heterocycles. The van der Waals surface area contributed by atoms with E-state index in [1.165, 1.54) is 76.8 Å². The Kier molecular flexibility index (Phi) is 4.67. The van der Waals surface area contributed by atoms with Crippen molar-refractivity contribution in [2.75, 3.05) is 0 Å². The van der Waals surface area contributed by atoms with E-state index in [-0.39, 0.29) is 5.41 Å². The molecule has 0 amide bonds. The average Bonchev–Trinajstić information content (AvgIpc) is 3.22. The molecule has 7 aromatic rings. The Bertz CT molecular complexity index is 2090. The lowest BCUT2D eigenvalue weighted by Crippen LogP contribution is -2.15. The van der Waals surface area contributed by atoms with Gasteiger partial charge in [0, 0.05) is 5.41 Å². The molecule has 39 heavy (non-hydrogen) atoms. The van der Waals surface area contributed by atoms with Gasteiger partial charge in [-0.1, -0.05) is 123 Å². The van der Waals surface area contributed by atoms with Crippen LogP contribution in [-0.2, 0) is 5.41 Å². The molecule has 0 unspecified atom stereocenters. The van der Waals surface area contributed by atoms with Crippen LogP contribution in [0.25, 0.3) is 65.7 Å². The Morgan fingerprint density at radius 3 is 1.64 bits per heavy atom. The van der Waals surface area contributed by atoms with E-state index < -0.39 is 0 Å². The zero-order valence-corrected chi connectivity index (χ0v) is 22.2. The number of hydrogen-bond donors (Lipinski definition) is 0. The molecule has 0 bridgehead atoms. The third kappa shape index (κ3) is 3.31. The molecule has 0 aliphatic heterocycles. The Morgan fingerprint density at radius 2 is 0.923 bits per heavy atom. The first-order valence-electron chi connectivity index (χ1n) is 13.8. The third-order valence-corrected chi connectivity index (χ3v) is 8.82. The van der Waals surface area contributed by atoms with Crippen molar-refractivity contribution in [1.29, 1.82) is 0 Å². The van der Waals surface area contributed by atoms with Gasteiger partial charge in [-0.25, -0.2) is 0 Å². The minimum absolute atomic E-state index is 0.104. The Hall–Kier alpha value is -4.68. The van der Waals surface area contributed by atoms with E-state index >= 15 is 0 Å². The van der Waals surface area contributed by atoms with Crippen molar-refractivity contribution in [2.24, 2.45) is 0 Å². The summed E-state index contributed by atoms with van der Waals surface area (Å²) in [5, 5.41) is 7.77.